The van der Waals surface area contributed by atoms with Gasteiger partial charge in [0.15, 0.2) is 0 Å². The van der Waals surface area contributed by atoms with Gasteiger partial charge in [-0.1, -0.05) is 0 Å². The molecule has 1 heterocycles. The van der Waals surface area contributed by atoms with Crippen molar-refractivity contribution in [3.05, 3.63) is 0 Å². The molecular weight excluding hydrogens is 228 g/mol. The molecule has 7 heteroatoms. The van der Waals surface area contributed by atoms with Crippen LogP contribution in [0.3, 0.4) is 0 Å². The van der Waals surface area contributed by atoms with Crippen molar-refractivity contribution in [2.75, 3.05) is 60.4 Å². The van der Waals surface area contributed by atoms with E-state index >= 15 is 0 Å². The number of hydrogen-bond donors (Lipinski definition) is 1. The van der Waals surface area contributed by atoms with Gasteiger partial charge in [0.1, 0.15) is 0 Å². The Bertz CT molecular complexity index is 299. The third kappa shape index (κ3) is 3.67. The van der Waals surface area contributed by atoms with Crippen LogP contribution in [0.2, 0.25) is 0 Å². The van der Waals surface area contributed by atoms with E-state index in [2.05, 4.69) is 5.32 Å². The molecule has 1 aliphatic rings. The van der Waals surface area contributed by atoms with Crippen molar-refractivity contribution >= 4 is 10.2 Å². The van der Waals surface area contributed by atoms with Crippen molar-refractivity contribution in [3.63, 3.8) is 0 Å². The fourth-order valence-corrected chi connectivity index (χ4v) is 2.88. The highest BCUT2D eigenvalue weighted by Crippen LogP contribution is 2.06. The molecule has 0 atom stereocenters. The highest BCUT2D eigenvalue weighted by atomic mass is 32.2. The number of hydrogen-bond acceptors (Lipinski definition) is 4. The summed E-state index contributed by atoms with van der Waals surface area (Å²) < 4.78 is 27.2. The zero-order valence-electron chi connectivity index (χ0n) is 10.3. The van der Waals surface area contributed by atoms with E-state index in [1.807, 2.05) is 19.0 Å². The van der Waals surface area contributed by atoms with E-state index in [-0.39, 0.29) is 0 Å². The summed E-state index contributed by atoms with van der Waals surface area (Å²) >= 11 is 0. The molecule has 16 heavy (non-hydrogen) atoms. The van der Waals surface area contributed by atoms with Gasteiger partial charge in [0.05, 0.1) is 0 Å². The lowest BCUT2D eigenvalue weighted by atomic mass is 10.4. The summed E-state index contributed by atoms with van der Waals surface area (Å²) in [7, 11) is 2.25. The molecule has 0 aromatic carbocycles. The second-order valence-corrected chi connectivity index (χ2v) is 6.32. The van der Waals surface area contributed by atoms with Gasteiger partial charge in [-0.3, -0.25) is 0 Å². The summed E-state index contributed by atoms with van der Waals surface area (Å²) in [5.74, 6) is 0. The number of piperazine rings is 1. The molecule has 1 rings (SSSR count). The quantitative estimate of drug-likeness (QED) is 0.654. The molecule has 0 aromatic heterocycles. The van der Waals surface area contributed by atoms with Crippen LogP contribution in [-0.2, 0) is 10.2 Å². The summed E-state index contributed by atoms with van der Waals surface area (Å²) in [6.45, 7) is 3.87. The van der Waals surface area contributed by atoms with Gasteiger partial charge in [0.2, 0.25) is 0 Å². The highest BCUT2D eigenvalue weighted by Gasteiger charge is 2.27. The molecular formula is C9H22N4O2S. The van der Waals surface area contributed by atoms with Crippen molar-refractivity contribution in [2.45, 2.75) is 0 Å². The van der Waals surface area contributed by atoms with Crippen LogP contribution in [0, 0.1) is 0 Å². The van der Waals surface area contributed by atoms with Crippen LogP contribution in [0.5, 0.6) is 0 Å². The number of rotatable bonds is 5. The maximum absolute atomic E-state index is 12.1. The predicted octanol–water partition coefficient (Wildman–Crippen LogP) is -1.37. The van der Waals surface area contributed by atoms with Crippen molar-refractivity contribution < 1.29 is 8.42 Å². The Kier molecular flexibility index (Phi) is 5.13. The van der Waals surface area contributed by atoms with Crippen molar-refractivity contribution in [1.82, 2.24) is 18.8 Å². The Hall–Kier alpha value is -0.210. The summed E-state index contributed by atoms with van der Waals surface area (Å²) in [5.41, 5.74) is 0. The molecule has 96 valence electrons. The minimum absolute atomic E-state index is 0.527. The van der Waals surface area contributed by atoms with Crippen LogP contribution >= 0.6 is 0 Å². The summed E-state index contributed by atoms with van der Waals surface area (Å²) in [6, 6.07) is 0. The molecule has 0 aromatic rings. The average Bonchev–Trinajstić information content (AvgIpc) is 2.27. The monoisotopic (exact) mass is 250 g/mol. The number of nitrogens with zero attached hydrogens (tertiary/aromatic N) is 3. The first-order valence-electron chi connectivity index (χ1n) is 5.51. The molecule has 0 unspecified atom stereocenters. The molecule has 0 aliphatic carbocycles. The van der Waals surface area contributed by atoms with Gasteiger partial charge in [-0.25, -0.2) is 0 Å². The summed E-state index contributed by atoms with van der Waals surface area (Å²) in [4.78, 5) is 1.98. The topological polar surface area (TPSA) is 55.9 Å². The molecule has 0 bridgehead atoms. The summed E-state index contributed by atoms with van der Waals surface area (Å²) in [5, 5.41) is 3.14. The first-order chi connectivity index (χ1) is 7.44. The van der Waals surface area contributed by atoms with Crippen LogP contribution in [0.1, 0.15) is 0 Å². The fourth-order valence-electron chi connectivity index (χ4n) is 1.53. The first kappa shape index (κ1) is 13.9. The van der Waals surface area contributed by atoms with E-state index < -0.39 is 10.2 Å². The Balaban J connectivity index is 2.54. The van der Waals surface area contributed by atoms with Crippen LogP contribution in [0.4, 0.5) is 0 Å². The van der Waals surface area contributed by atoms with Crippen molar-refractivity contribution in [3.8, 4) is 0 Å². The molecule has 1 aliphatic heterocycles. The van der Waals surface area contributed by atoms with E-state index in [1.165, 1.54) is 4.31 Å². The van der Waals surface area contributed by atoms with Crippen LogP contribution < -0.4 is 5.32 Å². The lowest BCUT2D eigenvalue weighted by Crippen LogP contribution is -2.51. The largest absolute Gasteiger partial charge is 0.314 e. The van der Waals surface area contributed by atoms with E-state index in [1.54, 1.807) is 11.4 Å². The predicted molar refractivity (Wildman–Crippen MR) is 64.5 cm³/mol. The standard InChI is InChI=1S/C9H22N4O2S/c1-11(2)8-9-12(3)16(14,15)13-6-4-10-5-7-13/h10H,4-9H2,1-3H3. The van der Waals surface area contributed by atoms with E-state index in [9.17, 15) is 8.42 Å². The van der Waals surface area contributed by atoms with Gasteiger partial charge in [-0.2, -0.15) is 17.0 Å². The van der Waals surface area contributed by atoms with Crippen molar-refractivity contribution in [2.24, 2.45) is 0 Å². The lowest BCUT2D eigenvalue weighted by molar-refractivity contribution is 0.308. The first-order valence-corrected chi connectivity index (χ1v) is 6.91. The highest BCUT2D eigenvalue weighted by molar-refractivity contribution is 7.86. The van der Waals surface area contributed by atoms with Gasteiger partial charge >= 0.3 is 0 Å². The van der Waals surface area contributed by atoms with E-state index in [0.29, 0.717) is 19.6 Å². The second kappa shape index (κ2) is 5.92. The molecule has 0 spiro atoms. The van der Waals surface area contributed by atoms with Gasteiger partial charge < -0.3 is 10.2 Å². The molecule has 6 nitrogen and oxygen atoms in total. The van der Waals surface area contributed by atoms with Crippen LogP contribution in [0.25, 0.3) is 0 Å². The van der Waals surface area contributed by atoms with Crippen LogP contribution in [-0.4, -0.2) is 82.3 Å². The van der Waals surface area contributed by atoms with E-state index in [4.69, 9.17) is 0 Å². The Morgan fingerprint density at radius 1 is 1.12 bits per heavy atom. The molecule has 1 fully saturated rings. The third-order valence-corrected chi connectivity index (χ3v) is 4.65. The molecule has 0 saturated carbocycles. The Morgan fingerprint density at radius 3 is 2.19 bits per heavy atom. The summed E-state index contributed by atoms with van der Waals surface area (Å²) in [6.07, 6.45) is 0. The zero-order valence-corrected chi connectivity index (χ0v) is 11.1. The lowest BCUT2D eigenvalue weighted by Gasteiger charge is -2.31. The van der Waals surface area contributed by atoms with E-state index in [0.717, 1.165) is 19.6 Å². The maximum Gasteiger partial charge on any atom is 0.281 e. The van der Waals surface area contributed by atoms with Gasteiger partial charge in [0.25, 0.3) is 10.2 Å². The smallest absolute Gasteiger partial charge is 0.281 e. The SMILES string of the molecule is CN(C)CCN(C)S(=O)(=O)N1CCNCC1. The molecule has 0 amide bonds. The van der Waals surface area contributed by atoms with Gasteiger partial charge in [-0.05, 0) is 14.1 Å². The normalized spacial score (nSPS) is 19.6. The fraction of sp³-hybridized carbons (Fsp3) is 1.00. The second-order valence-electron chi connectivity index (χ2n) is 4.28. The molecule has 1 N–H and O–H groups in total. The number of likely N-dealkylation sites (N-methyl/N-ethyl adjacent to an activating group) is 2. The van der Waals surface area contributed by atoms with Gasteiger partial charge in [-0.15, -0.1) is 0 Å². The average molecular weight is 250 g/mol. The maximum atomic E-state index is 12.1. The minimum atomic E-state index is -3.26. The Morgan fingerprint density at radius 2 is 1.69 bits per heavy atom. The molecule has 0 radical (unpaired) electrons. The van der Waals surface area contributed by atoms with Crippen LogP contribution in [0.15, 0.2) is 0 Å². The van der Waals surface area contributed by atoms with Gasteiger partial charge in [0, 0.05) is 46.3 Å². The minimum Gasteiger partial charge on any atom is -0.314 e. The third-order valence-electron chi connectivity index (χ3n) is 2.66. The van der Waals surface area contributed by atoms with Crippen molar-refractivity contribution in [1.29, 1.82) is 0 Å². The Labute approximate surface area is 98.4 Å². The number of nitrogens with one attached hydrogen (secondary N) is 1. The molecule has 1 saturated heterocycles. The zero-order chi connectivity index (χ0) is 12.2.